The van der Waals surface area contributed by atoms with Gasteiger partial charge >= 0.3 is 5.97 Å². The van der Waals surface area contributed by atoms with Gasteiger partial charge in [-0.15, -0.1) is 0 Å². The number of carbonyl (C=O) groups excluding carboxylic acids is 2. The first kappa shape index (κ1) is 22.5. The number of benzene rings is 2. The molecular formula is C21H18Cl2N2O6. The lowest BCUT2D eigenvalue weighted by molar-refractivity contribution is -0.118. The predicted molar refractivity (Wildman–Crippen MR) is 115 cm³/mol. The van der Waals surface area contributed by atoms with E-state index in [1.807, 2.05) is 6.92 Å². The maximum atomic E-state index is 12.4. The zero-order valence-corrected chi connectivity index (χ0v) is 18.1. The molecule has 0 aliphatic heterocycles. The first-order valence-electron chi connectivity index (χ1n) is 9.13. The molecule has 0 saturated heterocycles. The van der Waals surface area contributed by atoms with Gasteiger partial charge in [0.05, 0.1) is 23.8 Å². The van der Waals surface area contributed by atoms with Crippen LogP contribution < -0.4 is 14.8 Å². The number of methoxy groups -OCH3 is 1. The zero-order valence-electron chi connectivity index (χ0n) is 16.6. The molecule has 10 heteroatoms. The summed E-state index contributed by atoms with van der Waals surface area (Å²) in [6, 6.07) is 11.7. The number of para-hydroxylation sites is 2. The molecule has 0 spiro atoms. The number of hydrogen-bond donors (Lipinski definition) is 1. The first-order valence-corrected chi connectivity index (χ1v) is 9.88. The van der Waals surface area contributed by atoms with E-state index in [4.69, 9.17) is 41.9 Å². The summed E-state index contributed by atoms with van der Waals surface area (Å²) in [6.45, 7) is 1.92. The lowest BCUT2D eigenvalue weighted by Gasteiger charge is -2.11. The van der Waals surface area contributed by atoms with Crippen molar-refractivity contribution in [2.24, 2.45) is 0 Å². The Morgan fingerprint density at radius 1 is 1.03 bits per heavy atom. The van der Waals surface area contributed by atoms with Gasteiger partial charge in [-0.1, -0.05) is 46.6 Å². The van der Waals surface area contributed by atoms with Gasteiger partial charge in [-0.3, -0.25) is 10.1 Å². The number of nitrogens with one attached hydrogen (secondary N) is 1. The van der Waals surface area contributed by atoms with Crippen molar-refractivity contribution < 1.29 is 28.3 Å². The molecule has 162 valence electrons. The molecular weight excluding hydrogens is 447 g/mol. The number of ether oxygens (including phenoxy) is 3. The number of esters is 1. The predicted octanol–water partition coefficient (Wildman–Crippen LogP) is 4.85. The van der Waals surface area contributed by atoms with Crippen LogP contribution in [0.15, 0.2) is 47.0 Å². The van der Waals surface area contributed by atoms with Gasteiger partial charge in [-0.05, 0) is 31.2 Å². The Morgan fingerprint density at radius 2 is 1.68 bits per heavy atom. The minimum Gasteiger partial charge on any atom is -0.490 e. The summed E-state index contributed by atoms with van der Waals surface area (Å²) in [6.07, 6.45) is 0. The molecule has 1 N–H and O–H groups in total. The van der Waals surface area contributed by atoms with Crippen LogP contribution in [0.5, 0.6) is 11.5 Å². The molecule has 1 heterocycles. The van der Waals surface area contributed by atoms with E-state index in [9.17, 15) is 9.59 Å². The number of aromatic nitrogens is 1. The van der Waals surface area contributed by atoms with Crippen LogP contribution in [0.25, 0.3) is 11.3 Å². The van der Waals surface area contributed by atoms with Crippen molar-refractivity contribution in [3.63, 3.8) is 0 Å². The maximum Gasteiger partial charge on any atom is 0.345 e. The summed E-state index contributed by atoms with van der Waals surface area (Å²) in [5, 5.41) is 6.82. The zero-order chi connectivity index (χ0) is 22.4. The molecule has 2 aromatic carbocycles. The number of anilines is 1. The topological polar surface area (TPSA) is 99.9 Å². The molecule has 3 rings (SSSR count). The molecule has 0 aliphatic rings. The second kappa shape index (κ2) is 10.2. The van der Waals surface area contributed by atoms with Gasteiger partial charge in [-0.2, -0.15) is 0 Å². The Morgan fingerprint density at radius 3 is 2.29 bits per heavy atom. The van der Waals surface area contributed by atoms with Crippen LogP contribution in [0.4, 0.5) is 5.88 Å². The number of rotatable bonds is 8. The highest BCUT2D eigenvalue weighted by atomic mass is 35.5. The van der Waals surface area contributed by atoms with Crippen molar-refractivity contribution >= 4 is 41.0 Å². The fraction of sp³-hybridized carbons (Fsp3) is 0.190. The smallest absolute Gasteiger partial charge is 0.345 e. The van der Waals surface area contributed by atoms with Gasteiger partial charge in [-0.25, -0.2) is 4.79 Å². The molecule has 1 aromatic heterocycles. The molecule has 0 radical (unpaired) electrons. The van der Waals surface area contributed by atoms with Crippen LogP contribution in [-0.2, 0) is 9.53 Å². The highest BCUT2D eigenvalue weighted by Crippen LogP contribution is 2.38. The van der Waals surface area contributed by atoms with Crippen molar-refractivity contribution in [1.82, 2.24) is 5.16 Å². The average Bonchev–Trinajstić information content (AvgIpc) is 3.15. The SMILES string of the molecule is CCOc1ccccc1OCC(=O)Nc1onc(-c2c(Cl)cccc2Cl)c1C(=O)OC. The molecule has 0 atom stereocenters. The molecule has 1 amide bonds. The van der Waals surface area contributed by atoms with Crippen molar-refractivity contribution in [2.75, 3.05) is 25.6 Å². The molecule has 0 aliphatic carbocycles. The van der Waals surface area contributed by atoms with E-state index in [1.165, 1.54) is 7.11 Å². The van der Waals surface area contributed by atoms with E-state index in [0.717, 1.165) is 0 Å². The summed E-state index contributed by atoms with van der Waals surface area (Å²) < 4.78 is 21.0. The van der Waals surface area contributed by atoms with Gasteiger partial charge in [0, 0.05) is 5.56 Å². The monoisotopic (exact) mass is 464 g/mol. The minimum absolute atomic E-state index is 0.0420. The highest BCUT2D eigenvalue weighted by molar-refractivity contribution is 6.39. The van der Waals surface area contributed by atoms with Crippen LogP contribution in [0, 0.1) is 0 Å². The largest absolute Gasteiger partial charge is 0.490 e. The number of hydrogen-bond acceptors (Lipinski definition) is 7. The average molecular weight is 465 g/mol. The lowest BCUT2D eigenvalue weighted by atomic mass is 10.1. The number of halogens is 2. The Bertz CT molecular complexity index is 1080. The second-order valence-corrected chi connectivity index (χ2v) is 6.85. The third kappa shape index (κ3) is 5.10. The number of amides is 1. The normalized spacial score (nSPS) is 10.5. The standard InChI is InChI=1S/C21H18Cl2N2O6/c1-3-29-14-9-4-5-10-15(14)30-11-16(26)24-20-18(21(27)28-2)19(25-31-20)17-12(22)7-6-8-13(17)23/h4-10H,3,11H2,1-2H3,(H,24,26). The van der Waals surface area contributed by atoms with E-state index >= 15 is 0 Å². The van der Waals surface area contributed by atoms with Gasteiger partial charge in [0.2, 0.25) is 5.88 Å². The number of carbonyl (C=O) groups is 2. The van der Waals surface area contributed by atoms with E-state index < -0.39 is 11.9 Å². The van der Waals surface area contributed by atoms with E-state index in [1.54, 1.807) is 42.5 Å². The van der Waals surface area contributed by atoms with E-state index in [2.05, 4.69) is 10.5 Å². The second-order valence-electron chi connectivity index (χ2n) is 6.04. The molecule has 8 nitrogen and oxygen atoms in total. The first-order chi connectivity index (χ1) is 15.0. The van der Waals surface area contributed by atoms with Gasteiger partial charge < -0.3 is 18.7 Å². The van der Waals surface area contributed by atoms with Crippen molar-refractivity contribution in [3.05, 3.63) is 58.1 Å². The Balaban J connectivity index is 1.83. The van der Waals surface area contributed by atoms with Gasteiger partial charge in [0.25, 0.3) is 5.91 Å². The maximum absolute atomic E-state index is 12.4. The number of nitrogens with zero attached hydrogens (tertiary/aromatic N) is 1. The molecule has 0 unspecified atom stereocenters. The fourth-order valence-electron chi connectivity index (χ4n) is 2.71. The van der Waals surface area contributed by atoms with Crippen LogP contribution in [0.2, 0.25) is 10.0 Å². The molecule has 3 aromatic rings. The summed E-state index contributed by atoms with van der Waals surface area (Å²) >= 11 is 12.4. The molecule has 0 bridgehead atoms. The van der Waals surface area contributed by atoms with Crippen molar-refractivity contribution in [3.8, 4) is 22.8 Å². The van der Waals surface area contributed by atoms with E-state index in [-0.39, 0.29) is 39.4 Å². The van der Waals surface area contributed by atoms with Crippen LogP contribution in [-0.4, -0.2) is 37.4 Å². The Labute approximate surface area is 188 Å². The van der Waals surface area contributed by atoms with Crippen LogP contribution in [0.1, 0.15) is 17.3 Å². The summed E-state index contributed by atoms with van der Waals surface area (Å²) in [4.78, 5) is 24.8. The highest BCUT2D eigenvalue weighted by Gasteiger charge is 2.28. The molecule has 31 heavy (non-hydrogen) atoms. The summed E-state index contributed by atoms with van der Waals surface area (Å²) in [7, 11) is 1.19. The summed E-state index contributed by atoms with van der Waals surface area (Å²) in [5.74, 6) is -0.698. The Kier molecular flexibility index (Phi) is 7.38. The van der Waals surface area contributed by atoms with Crippen molar-refractivity contribution in [1.29, 1.82) is 0 Å². The lowest BCUT2D eigenvalue weighted by Crippen LogP contribution is -2.21. The van der Waals surface area contributed by atoms with E-state index in [0.29, 0.717) is 18.1 Å². The Hall–Kier alpha value is -3.23. The van der Waals surface area contributed by atoms with Crippen LogP contribution in [0.3, 0.4) is 0 Å². The third-order valence-electron chi connectivity index (χ3n) is 4.04. The third-order valence-corrected chi connectivity index (χ3v) is 4.67. The van der Waals surface area contributed by atoms with Crippen LogP contribution >= 0.6 is 23.2 Å². The minimum atomic E-state index is -0.787. The summed E-state index contributed by atoms with van der Waals surface area (Å²) in [5.41, 5.74) is 0.193. The fourth-order valence-corrected chi connectivity index (χ4v) is 3.29. The van der Waals surface area contributed by atoms with Gasteiger partial charge in [0.1, 0.15) is 5.69 Å². The quantitative estimate of drug-likeness (QED) is 0.475. The molecule has 0 fully saturated rings. The van der Waals surface area contributed by atoms with Gasteiger partial charge in [0.15, 0.2) is 23.7 Å². The van der Waals surface area contributed by atoms with Crippen molar-refractivity contribution in [2.45, 2.75) is 6.92 Å². The molecule has 0 saturated carbocycles.